The molecule has 0 aromatic carbocycles. The van der Waals surface area contributed by atoms with E-state index in [1.54, 1.807) is 24.3 Å². The third-order valence-electron chi connectivity index (χ3n) is 3.15. The number of ether oxygens (including phenoxy) is 3. The summed E-state index contributed by atoms with van der Waals surface area (Å²) in [5, 5.41) is 10.3. The van der Waals surface area contributed by atoms with Crippen LogP contribution in [-0.4, -0.2) is 61.2 Å². The van der Waals surface area contributed by atoms with Crippen LogP contribution < -0.4 is 5.73 Å². The summed E-state index contributed by atoms with van der Waals surface area (Å²) in [5.41, 5.74) is 5.58. The SMILES string of the molecule is C=C1N=C(N)C=CN1[C@@H]1O[C@H](COC)C(OC)[C@@H]1O. The van der Waals surface area contributed by atoms with Gasteiger partial charge in [0.1, 0.15) is 30.0 Å². The second-order valence-corrected chi connectivity index (χ2v) is 4.39. The lowest BCUT2D eigenvalue weighted by Crippen LogP contribution is -2.42. The van der Waals surface area contributed by atoms with Gasteiger partial charge in [-0.15, -0.1) is 0 Å². The van der Waals surface area contributed by atoms with Gasteiger partial charge in [-0.25, -0.2) is 4.99 Å². The molecule has 0 amide bonds. The first kappa shape index (κ1) is 14.0. The Morgan fingerprint density at radius 1 is 1.58 bits per heavy atom. The summed E-state index contributed by atoms with van der Waals surface area (Å²) in [5.74, 6) is 0.780. The summed E-state index contributed by atoms with van der Waals surface area (Å²) in [6.45, 7) is 4.13. The van der Waals surface area contributed by atoms with E-state index in [4.69, 9.17) is 19.9 Å². The molecule has 0 saturated carbocycles. The van der Waals surface area contributed by atoms with Gasteiger partial charge in [0.15, 0.2) is 6.23 Å². The molecule has 1 saturated heterocycles. The maximum absolute atomic E-state index is 10.3. The molecular weight excluding hydrogens is 250 g/mol. The second kappa shape index (κ2) is 5.70. The van der Waals surface area contributed by atoms with Crippen LogP contribution in [0.15, 0.2) is 29.7 Å². The monoisotopic (exact) mass is 269 g/mol. The summed E-state index contributed by atoms with van der Waals surface area (Å²) in [6, 6.07) is 0. The molecular formula is C12H19N3O4. The summed E-state index contributed by atoms with van der Waals surface area (Å²) in [4.78, 5) is 5.67. The van der Waals surface area contributed by atoms with E-state index in [-0.39, 0.29) is 6.10 Å². The lowest BCUT2D eigenvalue weighted by atomic mass is 10.1. The zero-order valence-electron chi connectivity index (χ0n) is 11.0. The Morgan fingerprint density at radius 2 is 2.32 bits per heavy atom. The van der Waals surface area contributed by atoms with Gasteiger partial charge in [0.2, 0.25) is 0 Å². The van der Waals surface area contributed by atoms with Crippen LogP contribution in [0.4, 0.5) is 0 Å². The van der Waals surface area contributed by atoms with E-state index in [2.05, 4.69) is 11.6 Å². The van der Waals surface area contributed by atoms with Crippen LogP contribution in [0.3, 0.4) is 0 Å². The second-order valence-electron chi connectivity index (χ2n) is 4.39. The van der Waals surface area contributed by atoms with Crippen molar-refractivity contribution >= 4 is 5.84 Å². The number of rotatable bonds is 4. The summed E-state index contributed by atoms with van der Waals surface area (Å²) in [6.07, 6.45) is 1.04. The summed E-state index contributed by atoms with van der Waals surface area (Å²) >= 11 is 0. The van der Waals surface area contributed by atoms with Gasteiger partial charge in [0.05, 0.1) is 6.61 Å². The molecule has 2 aliphatic rings. The van der Waals surface area contributed by atoms with Crippen molar-refractivity contribution in [2.75, 3.05) is 20.8 Å². The van der Waals surface area contributed by atoms with Gasteiger partial charge < -0.3 is 30.0 Å². The Labute approximate surface area is 111 Å². The Hall–Kier alpha value is -1.41. The van der Waals surface area contributed by atoms with Crippen LogP contribution in [0.2, 0.25) is 0 Å². The van der Waals surface area contributed by atoms with Gasteiger partial charge >= 0.3 is 0 Å². The maximum atomic E-state index is 10.3. The number of hydrogen-bond acceptors (Lipinski definition) is 7. The highest BCUT2D eigenvalue weighted by Gasteiger charge is 2.46. The van der Waals surface area contributed by atoms with Gasteiger partial charge in [-0.2, -0.15) is 0 Å². The minimum Gasteiger partial charge on any atom is -0.386 e. The normalized spacial score (nSPS) is 34.8. The molecule has 106 valence electrons. The average Bonchev–Trinajstić information content (AvgIpc) is 2.66. The number of aliphatic imine (C=N–C) groups is 1. The lowest BCUT2D eigenvalue weighted by molar-refractivity contribution is -0.0751. The van der Waals surface area contributed by atoms with Crippen LogP contribution in [0, 0.1) is 0 Å². The minimum atomic E-state index is -0.832. The zero-order valence-corrected chi connectivity index (χ0v) is 11.0. The van der Waals surface area contributed by atoms with Gasteiger partial charge in [-0.1, -0.05) is 6.58 Å². The molecule has 1 unspecified atom stereocenters. The average molecular weight is 269 g/mol. The summed E-state index contributed by atoms with van der Waals surface area (Å²) < 4.78 is 16.1. The number of nitrogens with zero attached hydrogens (tertiary/aromatic N) is 2. The first-order valence-electron chi connectivity index (χ1n) is 5.93. The van der Waals surface area contributed by atoms with E-state index in [0.29, 0.717) is 18.3 Å². The topological polar surface area (TPSA) is 89.5 Å². The lowest BCUT2D eigenvalue weighted by Gasteiger charge is -2.30. The molecule has 4 atom stereocenters. The number of methoxy groups -OCH3 is 2. The highest BCUT2D eigenvalue weighted by Crippen LogP contribution is 2.29. The first-order chi connectivity index (χ1) is 9.08. The predicted molar refractivity (Wildman–Crippen MR) is 69.1 cm³/mol. The molecule has 2 heterocycles. The molecule has 0 spiro atoms. The van der Waals surface area contributed by atoms with E-state index in [1.807, 2.05) is 0 Å². The Balaban J connectivity index is 2.13. The smallest absolute Gasteiger partial charge is 0.164 e. The number of aliphatic hydroxyl groups excluding tert-OH is 1. The van der Waals surface area contributed by atoms with Gasteiger partial charge in [0, 0.05) is 20.4 Å². The third kappa shape index (κ3) is 2.64. The van der Waals surface area contributed by atoms with Gasteiger partial charge in [-0.3, -0.25) is 0 Å². The Kier molecular flexibility index (Phi) is 4.20. The number of nitrogens with two attached hydrogens (primary N) is 1. The molecule has 7 nitrogen and oxygen atoms in total. The van der Waals surface area contributed by atoms with Gasteiger partial charge in [0.25, 0.3) is 0 Å². The van der Waals surface area contributed by atoms with Crippen molar-refractivity contribution in [2.24, 2.45) is 10.7 Å². The molecule has 2 rings (SSSR count). The quantitative estimate of drug-likeness (QED) is 0.708. The van der Waals surface area contributed by atoms with E-state index in [1.165, 1.54) is 7.11 Å². The number of amidine groups is 1. The Bertz CT molecular complexity index is 410. The van der Waals surface area contributed by atoms with Crippen LogP contribution >= 0.6 is 0 Å². The molecule has 19 heavy (non-hydrogen) atoms. The van der Waals surface area contributed by atoms with Crippen molar-refractivity contribution in [1.29, 1.82) is 0 Å². The molecule has 0 radical (unpaired) electrons. The molecule has 0 aromatic rings. The fourth-order valence-electron chi connectivity index (χ4n) is 2.26. The molecule has 3 N–H and O–H groups in total. The molecule has 7 heteroatoms. The first-order valence-corrected chi connectivity index (χ1v) is 5.93. The molecule has 0 aliphatic carbocycles. The maximum Gasteiger partial charge on any atom is 0.164 e. The molecule has 1 fully saturated rings. The van der Waals surface area contributed by atoms with E-state index in [9.17, 15) is 5.11 Å². The fourth-order valence-corrected chi connectivity index (χ4v) is 2.26. The van der Waals surface area contributed by atoms with Crippen LogP contribution in [0.5, 0.6) is 0 Å². The third-order valence-corrected chi connectivity index (χ3v) is 3.15. The van der Waals surface area contributed by atoms with E-state index in [0.717, 1.165) is 0 Å². The van der Waals surface area contributed by atoms with Crippen molar-refractivity contribution in [3.8, 4) is 0 Å². The van der Waals surface area contributed by atoms with Crippen molar-refractivity contribution in [3.63, 3.8) is 0 Å². The van der Waals surface area contributed by atoms with Crippen molar-refractivity contribution in [2.45, 2.75) is 24.5 Å². The van der Waals surface area contributed by atoms with E-state index < -0.39 is 18.4 Å². The van der Waals surface area contributed by atoms with Crippen LogP contribution in [0.25, 0.3) is 0 Å². The number of hydrogen-bond donors (Lipinski definition) is 2. The Morgan fingerprint density at radius 3 is 2.89 bits per heavy atom. The number of aliphatic hydroxyl groups is 1. The zero-order chi connectivity index (χ0) is 14.0. The van der Waals surface area contributed by atoms with Crippen molar-refractivity contribution < 1.29 is 19.3 Å². The largest absolute Gasteiger partial charge is 0.386 e. The van der Waals surface area contributed by atoms with Crippen molar-refractivity contribution in [3.05, 3.63) is 24.7 Å². The highest BCUT2D eigenvalue weighted by atomic mass is 16.6. The van der Waals surface area contributed by atoms with E-state index >= 15 is 0 Å². The highest BCUT2D eigenvalue weighted by molar-refractivity contribution is 5.92. The molecule has 0 bridgehead atoms. The standard InChI is InChI=1S/C12H19N3O4/c1-7-14-9(13)4-5-15(7)12-10(16)11(18-3)8(19-12)6-17-2/h4-5,8,10-12,16H,1,6H2,2-3H3,(H2,13,14)/t8-,10+,11?,12-/m1/s1. The summed E-state index contributed by atoms with van der Waals surface area (Å²) in [7, 11) is 3.10. The predicted octanol–water partition coefficient (Wildman–Crippen LogP) is -0.609. The van der Waals surface area contributed by atoms with Crippen LogP contribution in [0.1, 0.15) is 0 Å². The van der Waals surface area contributed by atoms with Crippen LogP contribution in [-0.2, 0) is 14.2 Å². The minimum absolute atomic E-state index is 0.335. The van der Waals surface area contributed by atoms with Gasteiger partial charge in [-0.05, 0) is 6.08 Å². The molecule has 0 aromatic heterocycles. The fraction of sp³-hybridized carbons (Fsp3) is 0.583. The molecule has 2 aliphatic heterocycles. The van der Waals surface area contributed by atoms with Crippen molar-refractivity contribution in [1.82, 2.24) is 4.90 Å².